The number of anilines is 1. The van der Waals surface area contributed by atoms with Crippen LogP contribution >= 0.6 is 11.6 Å². The molecule has 0 saturated carbocycles. The van der Waals surface area contributed by atoms with Crippen LogP contribution in [0.1, 0.15) is 28.7 Å². The van der Waals surface area contributed by atoms with E-state index in [1.54, 1.807) is 30.7 Å². The first-order valence-electron chi connectivity index (χ1n) is 8.62. The first kappa shape index (κ1) is 19.6. The van der Waals surface area contributed by atoms with Crippen molar-refractivity contribution in [1.29, 1.82) is 0 Å². The molecule has 3 aromatic rings. The number of esters is 1. The molecule has 7 nitrogen and oxygen atoms in total. The molecule has 0 saturated heterocycles. The number of amides is 1. The van der Waals surface area contributed by atoms with Crippen LogP contribution in [-0.4, -0.2) is 32.7 Å². The molecule has 3 rings (SSSR count). The minimum absolute atomic E-state index is 0.158. The number of pyridine rings is 1. The maximum absolute atomic E-state index is 12.7. The molecule has 0 spiro atoms. The van der Waals surface area contributed by atoms with Crippen LogP contribution in [0.15, 0.2) is 48.7 Å². The lowest BCUT2D eigenvalue weighted by atomic mass is 10.2. The summed E-state index contributed by atoms with van der Waals surface area (Å²) >= 11 is 5.93. The van der Waals surface area contributed by atoms with Crippen molar-refractivity contribution in [1.82, 2.24) is 14.8 Å². The number of ether oxygens (including phenoxy) is 1. The van der Waals surface area contributed by atoms with Gasteiger partial charge in [0, 0.05) is 6.20 Å². The summed E-state index contributed by atoms with van der Waals surface area (Å²) in [7, 11) is 0. The summed E-state index contributed by atoms with van der Waals surface area (Å²) in [6, 6.07) is 12.7. The predicted octanol–water partition coefficient (Wildman–Crippen LogP) is 3.72. The SMILES string of the molecule is Cc1nn(-c2ccccc2)c(C)c1C(=O)O[C@@H](C)C(=O)Nc1cccnc1Cl. The lowest BCUT2D eigenvalue weighted by molar-refractivity contribution is -0.123. The molecule has 0 aliphatic rings. The Morgan fingerprint density at radius 2 is 1.86 bits per heavy atom. The molecule has 2 heterocycles. The van der Waals surface area contributed by atoms with Gasteiger partial charge in [0.2, 0.25) is 0 Å². The first-order valence-corrected chi connectivity index (χ1v) is 9.00. The van der Waals surface area contributed by atoms with Crippen molar-refractivity contribution in [2.45, 2.75) is 26.9 Å². The third-order valence-corrected chi connectivity index (χ3v) is 4.47. The Labute approximate surface area is 167 Å². The van der Waals surface area contributed by atoms with Gasteiger partial charge in [-0.3, -0.25) is 4.79 Å². The summed E-state index contributed by atoms with van der Waals surface area (Å²) in [6.45, 7) is 5.00. The minimum atomic E-state index is -1.03. The van der Waals surface area contributed by atoms with Gasteiger partial charge < -0.3 is 10.1 Å². The number of rotatable bonds is 5. The molecular formula is C20H19ClN4O3. The Bertz CT molecular complexity index is 1020. The molecule has 1 atom stereocenters. The van der Waals surface area contributed by atoms with Gasteiger partial charge in [0.15, 0.2) is 11.3 Å². The first-order chi connectivity index (χ1) is 13.4. The van der Waals surface area contributed by atoms with Crippen molar-refractivity contribution in [2.24, 2.45) is 0 Å². The standard InChI is InChI=1S/C20H19ClN4O3/c1-12-17(13(2)25(24-12)15-8-5-4-6-9-15)20(27)28-14(3)19(26)23-16-10-7-11-22-18(16)21/h4-11,14H,1-3H3,(H,23,26)/t14-/m0/s1. The van der Waals surface area contributed by atoms with Crippen molar-refractivity contribution in [2.75, 3.05) is 5.32 Å². The molecule has 8 heteroatoms. The van der Waals surface area contributed by atoms with Gasteiger partial charge in [-0.05, 0) is 45.0 Å². The molecule has 0 unspecified atom stereocenters. The Kier molecular flexibility index (Phi) is 5.75. The Morgan fingerprint density at radius 3 is 2.54 bits per heavy atom. The van der Waals surface area contributed by atoms with Crippen molar-refractivity contribution in [3.8, 4) is 5.69 Å². The van der Waals surface area contributed by atoms with Crippen LogP contribution in [0, 0.1) is 13.8 Å². The molecule has 0 radical (unpaired) electrons. The highest BCUT2D eigenvalue weighted by molar-refractivity contribution is 6.32. The second kappa shape index (κ2) is 8.22. The van der Waals surface area contributed by atoms with Gasteiger partial charge in [0.25, 0.3) is 5.91 Å². The third-order valence-electron chi connectivity index (χ3n) is 4.17. The second-order valence-electron chi connectivity index (χ2n) is 6.17. The fraction of sp³-hybridized carbons (Fsp3) is 0.200. The number of nitrogens with zero attached hydrogens (tertiary/aromatic N) is 3. The van der Waals surface area contributed by atoms with E-state index in [-0.39, 0.29) is 5.15 Å². The van der Waals surface area contributed by atoms with E-state index in [1.807, 2.05) is 30.3 Å². The van der Waals surface area contributed by atoms with Crippen LogP contribution in [0.3, 0.4) is 0 Å². The molecule has 0 aliphatic carbocycles. The molecule has 1 amide bonds. The molecule has 0 fully saturated rings. The average molecular weight is 399 g/mol. The monoisotopic (exact) mass is 398 g/mol. The molecule has 28 heavy (non-hydrogen) atoms. The zero-order valence-electron chi connectivity index (χ0n) is 15.6. The number of benzene rings is 1. The van der Waals surface area contributed by atoms with E-state index in [9.17, 15) is 9.59 Å². The lowest BCUT2D eigenvalue weighted by Crippen LogP contribution is -2.30. The highest BCUT2D eigenvalue weighted by Crippen LogP contribution is 2.21. The van der Waals surface area contributed by atoms with Crippen molar-refractivity contribution in [3.05, 3.63) is 70.8 Å². The molecule has 2 aromatic heterocycles. The van der Waals surface area contributed by atoms with Gasteiger partial charge in [-0.25, -0.2) is 14.5 Å². The van der Waals surface area contributed by atoms with Gasteiger partial charge in [-0.1, -0.05) is 29.8 Å². The van der Waals surface area contributed by atoms with Crippen LogP contribution in [0.2, 0.25) is 5.15 Å². The molecule has 144 valence electrons. The number of para-hydroxylation sites is 1. The second-order valence-corrected chi connectivity index (χ2v) is 6.53. The van der Waals surface area contributed by atoms with Crippen molar-refractivity contribution < 1.29 is 14.3 Å². The van der Waals surface area contributed by atoms with E-state index in [0.29, 0.717) is 22.6 Å². The zero-order valence-corrected chi connectivity index (χ0v) is 16.4. The number of aryl methyl sites for hydroxylation is 1. The number of aromatic nitrogens is 3. The topological polar surface area (TPSA) is 86.1 Å². The third kappa shape index (κ3) is 4.04. The van der Waals surface area contributed by atoms with Crippen molar-refractivity contribution in [3.63, 3.8) is 0 Å². The molecule has 0 aliphatic heterocycles. The van der Waals surface area contributed by atoms with Crippen LogP contribution in [0.25, 0.3) is 5.69 Å². The van der Waals surface area contributed by atoms with E-state index >= 15 is 0 Å². The zero-order chi connectivity index (χ0) is 20.3. The fourth-order valence-electron chi connectivity index (χ4n) is 2.75. The summed E-state index contributed by atoms with van der Waals surface area (Å²) in [4.78, 5) is 28.9. The number of carbonyl (C=O) groups is 2. The number of carbonyl (C=O) groups excluding carboxylic acids is 2. The van der Waals surface area contributed by atoms with Crippen LogP contribution < -0.4 is 5.32 Å². The smallest absolute Gasteiger partial charge is 0.342 e. The highest BCUT2D eigenvalue weighted by Gasteiger charge is 2.25. The number of nitrogens with one attached hydrogen (secondary N) is 1. The van der Waals surface area contributed by atoms with Gasteiger partial charge in [-0.15, -0.1) is 0 Å². The number of hydrogen-bond acceptors (Lipinski definition) is 5. The Hall–Kier alpha value is -3.19. The summed E-state index contributed by atoms with van der Waals surface area (Å²) < 4.78 is 7.03. The highest BCUT2D eigenvalue weighted by atomic mass is 35.5. The normalized spacial score (nSPS) is 11.7. The predicted molar refractivity (Wildman–Crippen MR) is 106 cm³/mol. The molecule has 1 N–H and O–H groups in total. The van der Waals surface area contributed by atoms with E-state index in [2.05, 4.69) is 15.4 Å². The average Bonchev–Trinajstić information content (AvgIpc) is 2.98. The van der Waals surface area contributed by atoms with Crippen LogP contribution in [-0.2, 0) is 9.53 Å². The Morgan fingerprint density at radius 1 is 1.14 bits per heavy atom. The van der Waals surface area contributed by atoms with Crippen LogP contribution in [0.5, 0.6) is 0 Å². The Balaban J connectivity index is 1.75. The summed E-state index contributed by atoms with van der Waals surface area (Å²) in [6.07, 6.45) is 0.486. The summed E-state index contributed by atoms with van der Waals surface area (Å²) in [5, 5.41) is 7.18. The molecular weight excluding hydrogens is 380 g/mol. The van der Waals surface area contributed by atoms with E-state index in [1.165, 1.54) is 13.1 Å². The van der Waals surface area contributed by atoms with Gasteiger partial charge in [0.1, 0.15) is 5.56 Å². The summed E-state index contributed by atoms with van der Waals surface area (Å²) in [5.41, 5.74) is 2.68. The largest absolute Gasteiger partial charge is 0.449 e. The van der Waals surface area contributed by atoms with E-state index in [4.69, 9.17) is 16.3 Å². The van der Waals surface area contributed by atoms with Gasteiger partial charge >= 0.3 is 5.97 Å². The van der Waals surface area contributed by atoms with Crippen LogP contribution in [0.4, 0.5) is 5.69 Å². The molecule has 1 aromatic carbocycles. The quantitative estimate of drug-likeness (QED) is 0.523. The van der Waals surface area contributed by atoms with Crippen molar-refractivity contribution >= 4 is 29.2 Å². The number of halogens is 1. The van der Waals surface area contributed by atoms with E-state index < -0.39 is 18.0 Å². The summed E-state index contributed by atoms with van der Waals surface area (Å²) in [5.74, 6) is -1.12. The number of hydrogen-bond donors (Lipinski definition) is 1. The minimum Gasteiger partial charge on any atom is -0.449 e. The van der Waals surface area contributed by atoms with Gasteiger partial charge in [0.05, 0.1) is 22.8 Å². The fourth-order valence-corrected chi connectivity index (χ4v) is 2.91. The van der Waals surface area contributed by atoms with Gasteiger partial charge in [-0.2, -0.15) is 5.10 Å². The maximum atomic E-state index is 12.7. The van der Waals surface area contributed by atoms with E-state index in [0.717, 1.165) is 5.69 Å². The maximum Gasteiger partial charge on any atom is 0.342 e. The lowest BCUT2D eigenvalue weighted by Gasteiger charge is -2.14. The molecule has 0 bridgehead atoms.